The molecule has 3 atom stereocenters. The van der Waals surface area contributed by atoms with Gasteiger partial charge in [-0.15, -0.1) is 0 Å². The Bertz CT molecular complexity index is 1180. The predicted molar refractivity (Wildman–Crippen MR) is 221 cm³/mol. The number of unbranched alkanes of at least 4 members (excludes halogenated alkanes) is 6. The Morgan fingerprint density at radius 2 is 1.11 bits per heavy atom. The number of rotatable bonds is 36. The van der Waals surface area contributed by atoms with E-state index in [1.54, 1.807) is 0 Å². The van der Waals surface area contributed by atoms with Crippen LogP contribution in [0.1, 0.15) is 136 Å². The molecular formula is C43H72NO9P. The minimum atomic E-state index is -4.41. The highest BCUT2D eigenvalue weighted by Gasteiger charge is 2.25. The fourth-order valence-corrected chi connectivity index (χ4v) is 5.49. The van der Waals surface area contributed by atoms with Crippen molar-refractivity contribution >= 4 is 19.8 Å². The summed E-state index contributed by atoms with van der Waals surface area (Å²) in [6.07, 6.45) is 44.2. The Labute approximate surface area is 326 Å². The van der Waals surface area contributed by atoms with Crippen LogP contribution in [0.5, 0.6) is 0 Å². The molecule has 54 heavy (non-hydrogen) atoms. The molecule has 308 valence electrons. The van der Waals surface area contributed by atoms with Crippen molar-refractivity contribution in [2.75, 3.05) is 26.4 Å². The van der Waals surface area contributed by atoms with Crippen molar-refractivity contribution in [3.63, 3.8) is 0 Å². The van der Waals surface area contributed by atoms with Crippen molar-refractivity contribution in [3.8, 4) is 0 Å². The molecule has 0 aromatic heterocycles. The summed E-state index contributed by atoms with van der Waals surface area (Å²) in [6.45, 7) is 3.27. The molecule has 4 N–H and O–H groups in total. The number of carbonyl (C=O) groups is 2. The molecule has 0 saturated heterocycles. The molecule has 0 rings (SSSR count). The van der Waals surface area contributed by atoms with Gasteiger partial charge in [0.15, 0.2) is 6.10 Å². The van der Waals surface area contributed by atoms with Crippen molar-refractivity contribution in [2.24, 2.45) is 5.73 Å². The van der Waals surface area contributed by atoms with Crippen molar-refractivity contribution < 1.29 is 42.7 Å². The van der Waals surface area contributed by atoms with Gasteiger partial charge in [-0.3, -0.25) is 18.6 Å². The van der Waals surface area contributed by atoms with Crippen LogP contribution >= 0.6 is 7.82 Å². The quantitative estimate of drug-likeness (QED) is 0.0242. The molecule has 0 aromatic rings. The number of carbonyl (C=O) groups excluding carboxylic acids is 2. The van der Waals surface area contributed by atoms with E-state index in [2.05, 4.69) is 79.8 Å². The van der Waals surface area contributed by atoms with Gasteiger partial charge < -0.3 is 25.2 Å². The maximum Gasteiger partial charge on any atom is 0.472 e. The smallest absolute Gasteiger partial charge is 0.462 e. The number of phosphoric acid groups is 1. The van der Waals surface area contributed by atoms with E-state index in [-0.39, 0.29) is 38.7 Å². The van der Waals surface area contributed by atoms with E-state index in [0.29, 0.717) is 19.3 Å². The third-order valence-electron chi connectivity index (χ3n) is 7.92. The van der Waals surface area contributed by atoms with Crippen LogP contribution in [0, 0.1) is 0 Å². The van der Waals surface area contributed by atoms with Crippen LogP contribution in [-0.4, -0.2) is 60.5 Å². The summed E-state index contributed by atoms with van der Waals surface area (Å²) >= 11 is 0. The number of hydrogen-bond donors (Lipinski definition) is 3. The summed E-state index contributed by atoms with van der Waals surface area (Å²) in [6, 6.07) is 0. The fourth-order valence-electron chi connectivity index (χ4n) is 4.73. The van der Waals surface area contributed by atoms with Gasteiger partial charge in [0.2, 0.25) is 0 Å². The maximum atomic E-state index is 12.5. The van der Waals surface area contributed by atoms with Crippen LogP contribution in [0.15, 0.2) is 85.1 Å². The molecule has 1 unspecified atom stereocenters. The van der Waals surface area contributed by atoms with Gasteiger partial charge in [0.25, 0.3) is 0 Å². The summed E-state index contributed by atoms with van der Waals surface area (Å²) in [5, 5.41) is 9.55. The van der Waals surface area contributed by atoms with Crippen molar-refractivity contribution in [1.82, 2.24) is 0 Å². The lowest BCUT2D eigenvalue weighted by atomic mass is 10.1. The topological polar surface area (TPSA) is 155 Å². The van der Waals surface area contributed by atoms with Crippen LogP contribution in [0.2, 0.25) is 0 Å². The summed E-state index contributed by atoms with van der Waals surface area (Å²) in [5.41, 5.74) is 5.33. The third kappa shape index (κ3) is 37.5. The molecule has 0 amide bonds. The average Bonchev–Trinajstić information content (AvgIpc) is 3.16. The molecule has 10 nitrogen and oxygen atoms in total. The van der Waals surface area contributed by atoms with E-state index >= 15 is 0 Å². The lowest BCUT2D eigenvalue weighted by Crippen LogP contribution is -2.29. The zero-order valence-electron chi connectivity index (χ0n) is 33.3. The number of ether oxygens (including phenoxy) is 2. The fraction of sp³-hybridized carbons (Fsp3) is 0.628. The maximum absolute atomic E-state index is 12.5. The molecule has 0 aliphatic carbocycles. The van der Waals surface area contributed by atoms with Gasteiger partial charge in [-0.25, -0.2) is 4.57 Å². The number of hydrogen-bond acceptors (Lipinski definition) is 9. The van der Waals surface area contributed by atoms with E-state index in [1.807, 2.05) is 19.1 Å². The Hall–Kier alpha value is -2.85. The van der Waals surface area contributed by atoms with Gasteiger partial charge in [0.05, 0.1) is 19.3 Å². The second kappa shape index (κ2) is 38.4. The molecule has 0 aliphatic rings. The molecule has 0 heterocycles. The number of aliphatic hydroxyl groups is 1. The number of aliphatic hydroxyl groups excluding tert-OH is 1. The molecule has 0 aromatic carbocycles. The highest BCUT2D eigenvalue weighted by molar-refractivity contribution is 7.47. The van der Waals surface area contributed by atoms with Crippen molar-refractivity contribution in [1.29, 1.82) is 0 Å². The van der Waals surface area contributed by atoms with Crippen molar-refractivity contribution in [3.05, 3.63) is 85.1 Å². The zero-order valence-corrected chi connectivity index (χ0v) is 34.2. The molecule has 0 aliphatic heterocycles. The first kappa shape index (κ1) is 51.1. The van der Waals surface area contributed by atoms with Gasteiger partial charge in [-0.1, -0.05) is 112 Å². The van der Waals surface area contributed by atoms with E-state index in [4.69, 9.17) is 24.3 Å². The Morgan fingerprint density at radius 3 is 1.63 bits per heavy atom. The van der Waals surface area contributed by atoms with Crippen LogP contribution in [0.4, 0.5) is 0 Å². The first-order chi connectivity index (χ1) is 26.2. The van der Waals surface area contributed by atoms with Gasteiger partial charge in [-0.2, -0.15) is 0 Å². The van der Waals surface area contributed by atoms with Crippen LogP contribution in [0.3, 0.4) is 0 Å². The minimum absolute atomic E-state index is 0.0291. The van der Waals surface area contributed by atoms with Crippen LogP contribution in [0.25, 0.3) is 0 Å². The highest BCUT2D eigenvalue weighted by Crippen LogP contribution is 2.43. The lowest BCUT2D eigenvalue weighted by Gasteiger charge is -2.19. The van der Waals surface area contributed by atoms with E-state index in [1.165, 1.54) is 19.3 Å². The zero-order chi connectivity index (χ0) is 39.8. The first-order valence-corrected chi connectivity index (χ1v) is 21.6. The van der Waals surface area contributed by atoms with Crippen LogP contribution < -0.4 is 5.73 Å². The number of nitrogens with two attached hydrogens (primary N) is 1. The van der Waals surface area contributed by atoms with Gasteiger partial charge >= 0.3 is 19.8 Å². The minimum Gasteiger partial charge on any atom is -0.462 e. The monoisotopic (exact) mass is 777 g/mol. The van der Waals surface area contributed by atoms with Crippen molar-refractivity contribution in [2.45, 2.75) is 148 Å². The normalized spacial score (nSPS) is 14.8. The first-order valence-electron chi connectivity index (χ1n) is 20.1. The Balaban J connectivity index is 4.40. The molecule has 0 saturated carbocycles. The Kier molecular flexibility index (Phi) is 36.4. The summed E-state index contributed by atoms with van der Waals surface area (Å²) in [5.74, 6) is -0.968. The lowest BCUT2D eigenvalue weighted by molar-refractivity contribution is -0.161. The van der Waals surface area contributed by atoms with Gasteiger partial charge in [-0.05, 0) is 96.3 Å². The second-order valence-corrected chi connectivity index (χ2v) is 14.4. The molecule has 11 heteroatoms. The van der Waals surface area contributed by atoms with E-state index in [0.717, 1.165) is 70.6 Å². The average molecular weight is 778 g/mol. The standard InChI is InChI=1S/C43H72NO9P/c1-3-5-6-7-8-9-10-11-12-16-19-22-25-28-31-34-42(46)50-38-41(39-52-54(48,49)51-37-36-44)53-43(47)35-32-29-26-23-20-17-14-13-15-18-21-24-27-30-33-40(45)4-2/h8-9,11-12,14-15,17-19,22-24,26-27,40-41,45H,3-7,10,13,16,20-21,25,28-39,44H2,1-2H3,(H,48,49)/b9-8-,12-11-,17-14-,18-15-,22-19-,26-23-,27-24-/t40-,41-/m1/s1. The van der Waals surface area contributed by atoms with Gasteiger partial charge in [0.1, 0.15) is 6.61 Å². The number of phosphoric ester groups is 1. The van der Waals surface area contributed by atoms with Crippen LogP contribution in [-0.2, 0) is 32.7 Å². The molecule has 0 radical (unpaired) electrons. The molecule has 0 fully saturated rings. The predicted octanol–water partition coefficient (Wildman–Crippen LogP) is 10.2. The number of esters is 2. The SMILES string of the molecule is CCCCC/C=C\C/C=C\C/C=C\CCCCC(=O)OC[C@H](COP(=O)(O)OCCN)OC(=O)CCC/C=C\C/C=C\C/C=C\C/C=C\CC[C@H](O)CC. The second-order valence-electron chi connectivity index (χ2n) is 12.9. The highest BCUT2D eigenvalue weighted by atomic mass is 31.2. The molecular weight excluding hydrogens is 705 g/mol. The molecule has 0 bridgehead atoms. The van der Waals surface area contributed by atoms with E-state index < -0.39 is 32.5 Å². The number of allylic oxidation sites excluding steroid dienone is 14. The largest absolute Gasteiger partial charge is 0.472 e. The van der Waals surface area contributed by atoms with E-state index in [9.17, 15) is 24.2 Å². The Morgan fingerprint density at radius 1 is 0.630 bits per heavy atom. The van der Waals surface area contributed by atoms with Gasteiger partial charge in [0, 0.05) is 19.4 Å². The third-order valence-corrected chi connectivity index (χ3v) is 8.90. The molecule has 0 spiro atoms. The summed E-state index contributed by atoms with van der Waals surface area (Å²) < 4.78 is 32.6. The summed E-state index contributed by atoms with van der Waals surface area (Å²) in [4.78, 5) is 34.7. The summed E-state index contributed by atoms with van der Waals surface area (Å²) in [7, 11) is -4.41.